The van der Waals surface area contributed by atoms with Gasteiger partial charge in [-0.2, -0.15) is 4.72 Å². The zero-order chi connectivity index (χ0) is 24.0. The van der Waals surface area contributed by atoms with Gasteiger partial charge in [-0.05, 0) is 26.0 Å². The average molecular weight is 471 g/mol. The number of carbonyl (C=O) groups is 3. The second-order valence-corrected chi connectivity index (χ2v) is 8.76. The van der Waals surface area contributed by atoms with Gasteiger partial charge in [0, 0.05) is 17.2 Å². The lowest BCUT2D eigenvalue weighted by Gasteiger charge is -2.17. The summed E-state index contributed by atoms with van der Waals surface area (Å²) in [5.41, 5.74) is 0.735. The number of aromatic nitrogens is 1. The van der Waals surface area contributed by atoms with E-state index in [0.717, 1.165) is 0 Å². The van der Waals surface area contributed by atoms with Crippen molar-refractivity contribution in [2.45, 2.75) is 24.8 Å². The maximum Gasteiger partial charge on any atom is 0.322 e. The van der Waals surface area contributed by atoms with E-state index in [4.69, 9.17) is 9.26 Å². The molecule has 0 aliphatic carbocycles. The van der Waals surface area contributed by atoms with Crippen LogP contribution in [0, 0.1) is 6.92 Å². The standard InChI is InChI=1S/C22H21N3O7S/c1-14-12-19(25-32-14)24-22(28)21(17-6-4-3-5-7-17)31-20(27)13-23-33(29,30)18-10-8-16(9-11-18)15(2)26/h3-12,21,23H,13H2,1-2H3,(H,24,25,28). The second-order valence-electron chi connectivity index (χ2n) is 7.00. The minimum atomic E-state index is -4.05. The third-order valence-electron chi connectivity index (χ3n) is 4.45. The molecule has 0 saturated heterocycles. The summed E-state index contributed by atoms with van der Waals surface area (Å²) < 4.78 is 37.2. The number of Topliss-reactive ketones (excluding diaryl/α,β-unsaturated/α-hetero) is 1. The first kappa shape index (κ1) is 23.8. The quantitative estimate of drug-likeness (QED) is 0.357. The van der Waals surface area contributed by atoms with Crippen molar-refractivity contribution in [1.82, 2.24) is 9.88 Å². The normalized spacial score (nSPS) is 12.1. The lowest BCUT2D eigenvalue weighted by atomic mass is 10.1. The van der Waals surface area contributed by atoms with Crippen LogP contribution in [0.2, 0.25) is 0 Å². The predicted octanol–water partition coefficient (Wildman–Crippen LogP) is 2.39. The fraction of sp³-hybridized carbons (Fsp3) is 0.182. The molecular weight excluding hydrogens is 450 g/mol. The number of ketones is 1. The van der Waals surface area contributed by atoms with E-state index in [1.54, 1.807) is 37.3 Å². The number of amides is 1. The van der Waals surface area contributed by atoms with Crippen LogP contribution in [-0.4, -0.2) is 37.8 Å². The van der Waals surface area contributed by atoms with Crippen molar-refractivity contribution in [2.24, 2.45) is 0 Å². The highest BCUT2D eigenvalue weighted by Crippen LogP contribution is 2.20. The number of hydrogen-bond acceptors (Lipinski definition) is 8. The van der Waals surface area contributed by atoms with Crippen LogP contribution >= 0.6 is 0 Å². The van der Waals surface area contributed by atoms with E-state index in [1.165, 1.54) is 37.3 Å². The van der Waals surface area contributed by atoms with Gasteiger partial charge in [-0.15, -0.1) is 0 Å². The van der Waals surface area contributed by atoms with Crippen LogP contribution in [0.15, 0.2) is 70.1 Å². The number of nitrogens with zero attached hydrogens (tertiary/aromatic N) is 1. The Morgan fingerprint density at radius 3 is 2.30 bits per heavy atom. The van der Waals surface area contributed by atoms with Gasteiger partial charge in [0.2, 0.25) is 16.1 Å². The zero-order valence-corrected chi connectivity index (χ0v) is 18.6. The minimum absolute atomic E-state index is 0.126. The maximum atomic E-state index is 12.7. The van der Waals surface area contributed by atoms with Crippen molar-refractivity contribution in [3.05, 3.63) is 77.6 Å². The largest absolute Gasteiger partial charge is 0.446 e. The van der Waals surface area contributed by atoms with Crippen LogP contribution in [0.3, 0.4) is 0 Å². The molecule has 0 bridgehead atoms. The van der Waals surface area contributed by atoms with E-state index in [9.17, 15) is 22.8 Å². The fourth-order valence-electron chi connectivity index (χ4n) is 2.80. The molecule has 1 unspecified atom stereocenters. The number of ether oxygens (including phenoxy) is 1. The number of carbonyl (C=O) groups excluding carboxylic acids is 3. The lowest BCUT2D eigenvalue weighted by Crippen LogP contribution is -2.33. The smallest absolute Gasteiger partial charge is 0.322 e. The number of nitrogens with one attached hydrogen (secondary N) is 2. The summed E-state index contributed by atoms with van der Waals surface area (Å²) in [6.45, 7) is 2.30. The van der Waals surface area contributed by atoms with Crippen molar-refractivity contribution in [2.75, 3.05) is 11.9 Å². The van der Waals surface area contributed by atoms with Gasteiger partial charge >= 0.3 is 5.97 Å². The SMILES string of the molecule is CC(=O)c1ccc(S(=O)(=O)NCC(=O)OC(C(=O)Nc2cc(C)on2)c2ccccc2)cc1. The topological polar surface area (TPSA) is 145 Å². The molecule has 1 amide bonds. The molecule has 0 aliphatic heterocycles. The summed E-state index contributed by atoms with van der Waals surface area (Å²) in [5, 5.41) is 6.16. The zero-order valence-electron chi connectivity index (χ0n) is 17.8. The van der Waals surface area contributed by atoms with E-state index >= 15 is 0 Å². The van der Waals surface area contributed by atoms with E-state index < -0.39 is 34.5 Å². The molecule has 0 saturated carbocycles. The molecule has 33 heavy (non-hydrogen) atoms. The van der Waals surface area contributed by atoms with Crippen molar-refractivity contribution < 1.29 is 32.1 Å². The molecule has 0 radical (unpaired) electrons. The number of esters is 1. The Hall–Kier alpha value is -3.83. The molecule has 0 spiro atoms. The molecule has 172 valence electrons. The highest BCUT2D eigenvalue weighted by molar-refractivity contribution is 7.89. The summed E-state index contributed by atoms with van der Waals surface area (Å²) in [6, 6.07) is 15.0. The number of rotatable bonds is 9. The molecule has 10 nitrogen and oxygen atoms in total. The monoisotopic (exact) mass is 471 g/mol. The highest BCUT2D eigenvalue weighted by Gasteiger charge is 2.27. The van der Waals surface area contributed by atoms with Crippen molar-refractivity contribution in [1.29, 1.82) is 0 Å². The Labute approximate surface area is 190 Å². The van der Waals surface area contributed by atoms with Gasteiger partial charge in [-0.25, -0.2) is 8.42 Å². The molecule has 3 rings (SSSR count). The van der Waals surface area contributed by atoms with Gasteiger partial charge in [-0.1, -0.05) is 47.6 Å². The number of hydrogen-bond donors (Lipinski definition) is 2. The van der Waals surface area contributed by atoms with Gasteiger partial charge < -0.3 is 14.6 Å². The van der Waals surface area contributed by atoms with Gasteiger partial charge in [0.05, 0.1) is 4.90 Å². The summed E-state index contributed by atoms with van der Waals surface area (Å²) in [7, 11) is -4.05. The molecule has 11 heteroatoms. The Kier molecular flexibility index (Phi) is 7.36. The van der Waals surface area contributed by atoms with E-state index in [-0.39, 0.29) is 16.5 Å². The Morgan fingerprint density at radius 2 is 1.73 bits per heavy atom. The first-order valence-electron chi connectivity index (χ1n) is 9.75. The highest BCUT2D eigenvalue weighted by atomic mass is 32.2. The van der Waals surface area contributed by atoms with Crippen molar-refractivity contribution >= 4 is 33.5 Å². The lowest BCUT2D eigenvalue weighted by molar-refractivity contribution is -0.153. The minimum Gasteiger partial charge on any atom is -0.446 e. The van der Waals surface area contributed by atoms with E-state index in [0.29, 0.717) is 16.9 Å². The molecule has 0 aliphatic rings. The number of anilines is 1. The van der Waals surface area contributed by atoms with Crippen LogP contribution in [0.25, 0.3) is 0 Å². The maximum absolute atomic E-state index is 12.7. The van der Waals surface area contributed by atoms with Gasteiger partial charge in [-0.3, -0.25) is 14.4 Å². The van der Waals surface area contributed by atoms with Crippen LogP contribution < -0.4 is 10.0 Å². The number of benzene rings is 2. The molecule has 2 aromatic carbocycles. The molecule has 1 heterocycles. The third-order valence-corrected chi connectivity index (χ3v) is 5.86. The predicted molar refractivity (Wildman–Crippen MR) is 117 cm³/mol. The summed E-state index contributed by atoms with van der Waals surface area (Å²) >= 11 is 0. The van der Waals surface area contributed by atoms with Gasteiger partial charge in [0.15, 0.2) is 11.6 Å². The third kappa shape index (κ3) is 6.34. The first-order valence-corrected chi connectivity index (χ1v) is 11.2. The summed E-state index contributed by atoms with van der Waals surface area (Å²) in [6.07, 6.45) is -1.35. The molecule has 1 aromatic heterocycles. The molecular formula is C22H21N3O7S. The molecule has 1 atom stereocenters. The van der Waals surface area contributed by atoms with Crippen LogP contribution in [0.4, 0.5) is 5.82 Å². The summed E-state index contributed by atoms with van der Waals surface area (Å²) in [4.78, 5) is 36.4. The summed E-state index contributed by atoms with van der Waals surface area (Å²) in [5.74, 6) is -1.25. The van der Waals surface area contributed by atoms with Gasteiger partial charge in [0.25, 0.3) is 5.91 Å². The van der Waals surface area contributed by atoms with Gasteiger partial charge in [0.1, 0.15) is 12.3 Å². The molecule has 0 fully saturated rings. The first-order chi connectivity index (χ1) is 15.7. The van der Waals surface area contributed by atoms with Crippen LogP contribution in [0.1, 0.15) is 34.7 Å². The Morgan fingerprint density at radius 1 is 1.06 bits per heavy atom. The van der Waals surface area contributed by atoms with Crippen LogP contribution in [-0.2, 0) is 24.3 Å². The van der Waals surface area contributed by atoms with Crippen molar-refractivity contribution in [3.8, 4) is 0 Å². The Bertz CT molecular complexity index is 1250. The van der Waals surface area contributed by atoms with E-state index in [2.05, 4.69) is 15.2 Å². The second kappa shape index (κ2) is 10.2. The Balaban J connectivity index is 1.68. The van der Waals surface area contributed by atoms with Crippen molar-refractivity contribution in [3.63, 3.8) is 0 Å². The number of sulfonamides is 1. The average Bonchev–Trinajstić information content (AvgIpc) is 3.21. The van der Waals surface area contributed by atoms with Crippen LogP contribution in [0.5, 0.6) is 0 Å². The molecule has 2 N–H and O–H groups in total. The van der Waals surface area contributed by atoms with E-state index in [1.807, 2.05) is 0 Å². The molecule has 3 aromatic rings. The fourth-order valence-corrected chi connectivity index (χ4v) is 3.77. The number of aryl methyl sites for hydroxylation is 1.